The second-order valence-electron chi connectivity index (χ2n) is 11.8. The Morgan fingerprint density at radius 2 is 1.95 bits per heavy atom. The number of aromatic nitrogens is 2. The highest BCUT2D eigenvalue weighted by Crippen LogP contribution is 2.43. The van der Waals surface area contributed by atoms with Gasteiger partial charge in [-0.05, 0) is 54.7 Å². The number of benzene rings is 1. The highest BCUT2D eigenvalue weighted by Gasteiger charge is 2.45. The number of amides is 1. The number of ketones is 1. The van der Waals surface area contributed by atoms with Crippen molar-refractivity contribution in [1.29, 1.82) is 0 Å². The third-order valence-corrected chi connectivity index (χ3v) is 9.10. The van der Waals surface area contributed by atoms with Gasteiger partial charge in [0.1, 0.15) is 17.6 Å². The zero-order chi connectivity index (χ0) is 29.6. The van der Waals surface area contributed by atoms with Crippen molar-refractivity contribution in [2.45, 2.75) is 72.3 Å². The lowest BCUT2D eigenvalue weighted by molar-refractivity contribution is -0.139. The van der Waals surface area contributed by atoms with E-state index in [0.717, 1.165) is 6.42 Å². The number of rotatable bonds is 13. The molecule has 4 N–H and O–H groups in total. The molecule has 1 amide bonds. The summed E-state index contributed by atoms with van der Waals surface area (Å²) < 4.78 is 33.9. The summed E-state index contributed by atoms with van der Waals surface area (Å²) in [6.45, 7) is 8.19. The summed E-state index contributed by atoms with van der Waals surface area (Å²) in [7, 11) is -4.05. The molecule has 3 atom stereocenters. The van der Waals surface area contributed by atoms with Crippen LogP contribution in [0.1, 0.15) is 65.4 Å². The molecule has 40 heavy (non-hydrogen) atoms. The van der Waals surface area contributed by atoms with Crippen LogP contribution in [0, 0.1) is 16.7 Å². The normalized spacial score (nSPS) is 20.6. The van der Waals surface area contributed by atoms with E-state index in [1.165, 1.54) is 6.20 Å². The quantitative estimate of drug-likeness (QED) is 0.263. The molecule has 0 spiro atoms. The maximum atomic E-state index is 13.0. The van der Waals surface area contributed by atoms with Gasteiger partial charge in [0.2, 0.25) is 21.9 Å². The number of ether oxygens (including phenoxy) is 1. The van der Waals surface area contributed by atoms with Crippen LogP contribution >= 0.6 is 0 Å². The summed E-state index contributed by atoms with van der Waals surface area (Å²) in [5, 5.41) is 12.3. The number of nitrogens with one attached hydrogen (secondary N) is 3. The smallest absolute Gasteiger partial charge is 0.322 e. The number of nitrogens with zero attached hydrogens (tertiary/aromatic N) is 1. The van der Waals surface area contributed by atoms with Crippen LogP contribution in [0.25, 0.3) is 0 Å². The number of H-pyrrole nitrogens is 1. The second kappa shape index (κ2) is 12.9. The van der Waals surface area contributed by atoms with Crippen molar-refractivity contribution in [2.75, 3.05) is 17.7 Å². The predicted molar refractivity (Wildman–Crippen MR) is 150 cm³/mol. The van der Waals surface area contributed by atoms with E-state index in [-0.39, 0.29) is 35.9 Å². The molecular weight excluding hydrogens is 536 g/mol. The minimum Gasteiger partial charge on any atom is -0.494 e. The fourth-order valence-electron chi connectivity index (χ4n) is 4.86. The van der Waals surface area contributed by atoms with Gasteiger partial charge in [0, 0.05) is 30.7 Å². The van der Waals surface area contributed by atoms with Gasteiger partial charge >= 0.3 is 5.97 Å². The van der Waals surface area contributed by atoms with Crippen molar-refractivity contribution in [3.05, 3.63) is 42.2 Å². The third-order valence-electron chi connectivity index (χ3n) is 7.44. The van der Waals surface area contributed by atoms with Crippen molar-refractivity contribution in [3.63, 3.8) is 0 Å². The van der Waals surface area contributed by atoms with E-state index < -0.39 is 33.2 Å². The van der Waals surface area contributed by atoms with Gasteiger partial charge in [0.05, 0.1) is 12.4 Å². The highest BCUT2D eigenvalue weighted by molar-refractivity contribution is 7.89. The molecule has 1 aromatic heterocycles. The molecule has 3 rings (SSSR count). The van der Waals surface area contributed by atoms with E-state index in [2.05, 4.69) is 40.8 Å². The molecule has 12 heteroatoms. The van der Waals surface area contributed by atoms with E-state index in [1.807, 2.05) is 0 Å². The molecule has 1 aliphatic rings. The number of aromatic amines is 1. The Labute approximate surface area is 235 Å². The monoisotopic (exact) mass is 576 g/mol. The molecule has 1 heterocycles. The number of carboxylic acid groups (broad SMARTS) is 1. The van der Waals surface area contributed by atoms with E-state index >= 15 is 0 Å². The Balaban J connectivity index is 1.49. The number of aliphatic carboxylic acids is 1. The summed E-state index contributed by atoms with van der Waals surface area (Å²) >= 11 is 0. The van der Waals surface area contributed by atoms with E-state index in [4.69, 9.17) is 4.74 Å². The van der Waals surface area contributed by atoms with Crippen LogP contribution in [0.3, 0.4) is 0 Å². The lowest BCUT2D eigenvalue weighted by Gasteiger charge is -2.41. The van der Waals surface area contributed by atoms with Crippen molar-refractivity contribution in [1.82, 2.24) is 14.7 Å². The standard InChI is InChI=1S/C28H40N4O7S/c1-27(2,3)20-11-12-28(4,23(33)17-20)18-40(37,38)32-22(25(35)36)16-19-7-9-21(10-8-19)39-15-5-6-24(34)31-26-29-13-14-30-26/h7-10,13-14,20,22,32H,5-6,11-12,15-18H2,1-4H3,(H,35,36)(H2,29,30,31,34)/t20?,22-,28?/m0/s1. The average Bonchev–Trinajstić information content (AvgIpc) is 3.36. The number of hydrogen-bond acceptors (Lipinski definition) is 7. The number of imidazole rings is 1. The predicted octanol–water partition coefficient (Wildman–Crippen LogP) is 3.54. The third kappa shape index (κ3) is 9.16. The molecule has 1 fully saturated rings. The van der Waals surface area contributed by atoms with Crippen molar-refractivity contribution >= 4 is 33.6 Å². The van der Waals surface area contributed by atoms with Crippen molar-refractivity contribution in [3.8, 4) is 5.75 Å². The van der Waals surface area contributed by atoms with Gasteiger partial charge in [-0.1, -0.05) is 39.8 Å². The SMILES string of the molecule is CC1(CS(=O)(=O)N[C@@H](Cc2ccc(OCCCC(=O)Nc3ncc[nH]3)cc2)C(=O)O)CCC(C(C)(C)C)CC1=O. The van der Waals surface area contributed by atoms with Gasteiger partial charge < -0.3 is 14.8 Å². The number of anilines is 1. The number of carboxylic acids is 1. The van der Waals surface area contributed by atoms with Crippen LogP contribution in [-0.2, 0) is 30.8 Å². The van der Waals surface area contributed by atoms with Crippen LogP contribution in [0.15, 0.2) is 36.7 Å². The maximum absolute atomic E-state index is 13.0. The Hall–Kier alpha value is -3.25. The first-order valence-electron chi connectivity index (χ1n) is 13.4. The number of sulfonamides is 1. The highest BCUT2D eigenvalue weighted by atomic mass is 32.2. The summed E-state index contributed by atoms with van der Waals surface area (Å²) in [4.78, 5) is 43.4. The Morgan fingerprint density at radius 1 is 1.25 bits per heavy atom. The summed E-state index contributed by atoms with van der Waals surface area (Å²) in [5.41, 5.74) is -0.483. The Kier molecular flexibility index (Phi) is 10.1. The van der Waals surface area contributed by atoms with Gasteiger partial charge in [0.15, 0.2) is 0 Å². The fraction of sp³-hybridized carbons (Fsp3) is 0.571. The Morgan fingerprint density at radius 3 is 2.52 bits per heavy atom. The minimum absolute atomic E-state index is 0.0413. The van der Waals surface area contributed by atoms with Gasteiger partial charge in [-0.25, -0.2) is 18.1 Å². The van der Waals surface area contributed by atoms with Crippen LogP contribution in [-0.4, -0.2) is 59.6 Å². The van der Waals surface area contributed by atoms with Gasteiger partial charge in [0.25, 0.3) is 0 Å². The molecule has 1 saturated carbocycles. The van der Waals surface area contributed by atoms with Gasteiger partial charge in [-0.2, -0.15) is 0 Å². The van der Waals surface area contributed by atoms with Crippen molar-refractivity contribution in [2.24, 2.45) is 16.7 Å². The van der Waals surface area contributed by atoms with E-state index in [1.54, 1.807) is 37.4 Å². The molecule has 11 nitrogen and oxygen atoms in total. The molecule has 220 valence electrons. The zero-order valence-electron chi connectivity index (χ0n) is 23.5. The number of hydrogen-bond donors (Lipinski definition) is 4. The molecule has 0 saturated heterocycles. The second-order valence-corrected chi connectivity index (χ2v) is 13.6. The average molecular weight is 577 g/mol. The van der Waals surface area contributed by atoms with Gasteiger partial charge in [-0.15, -0.1) is 0 Å². The minimum atomic E-state index is -4.05. The van der Waals surface area contributed by atoms with Crippen LogP contribution in [0.5, 0.6) is 5.75 Å². The largest absolute Gasteiger partial charge is 0.494 e. The molecular formula is C28H40N4O7S. The molecule has 0 radical (unpaired) electrons. The molecule has 0 aliphatic heterocycles. The van der Waals surface area contributed by atoms with Crippen LogP contribution in [0.2, 0.25) is 0 Å². The van der Waals surface area contributed by atoms with Crippen LogP contribution < -0.4 is 14.8 Å². The lowest BCUT2D eigenvalue weighted by atomic mass is 9.65. The first kappa shape index (κ1) is 31.3. The molecule has 0 bridgehead atoms. The number of Topliss-reactive ketones (excluding diaryl/α,β-unsaturated/α-hetero) is 1. The lowest BCUT2D eigenvalue weighted by Crippen LogP contribution is -2.49. The first-order chi connectivity index (χ1) is 18.7. The van der Waals surface area contributed by atoms with Gasteiger partial charge in [-0.3, -0.25) is 19.7 Å². The molecule has 2 unspecified atom stereocenters. The van der Waals surface area contributed by atoms with Crippen molar-refractivity contribution < 1.29 is 32.6 Å². The zero-order valence-corrected chi connectivity index (χ0v) is 24.3. The maximum Gasteiger partial charge on any atom is 0.322 e. The Bertz CT molecular complexity index is 1270. The molecule has 1 aliphatic carbocycles. The number of carbonyl (C=O) groups excluding carboxylic acids is 2. The number of carbonyl (C=O) groups is 3. The van der Waals surface area contributed by atoms with Crippen LogP contribution in [0.4, 0.5) is 5.95 Å². The summed E-state index contributed by atoms with van der Waals surface area (Å²) in [6, 6.07) is 5.29. The van der Waals surface area contributed by atoms with E-state index in [9.17, 15) is 27.9 Å². The fourth-order valence-corrected chi connectivity index (χ4v) is 6.71. The summed E-state index contributed by atoms with van der Waals surface area (Å²) in [6.07, 6.45) is 5.33. The topological polar surface area (TPSA) is 168 Å². The summed E-state index contributed by atoms with van der Waals surface area (Å²) in [5.74, 6) is -0.906. The molecule has 2 aromatic rings. The molecule has 1 aromatic carbocycles. The van der Waals surface area contributed by atoms with E-state index in [0.29, 0.717) is 43.1 Å². The first-order valence-corrected chi connectivity index (χ1v) is 15.1.